The zero-order valence-electron chi connectivity index (χ0n) is 16.1. The molecule has 4 heteroatoms. The summed E-state index contributed by atoms with van der Waals surface area (Å²) in [4.78, 5) is 27.1. The predicted molar refractivity (Wildman–Crippen MR) is 110 cm³/mol. The molecule has 144 valence electrons. The highest BCUT2D eigenvalue weighted by Gasteiger charge is 2.43. The molecule has 4 nitrogen and oxygen atoms in total. The van der Waals surface area contributed by atoms with Crippen LogP contribution in [0, 0.1) is 0 Å². The Hall–Kier alpha value is -2.88. The van der Waals surface area contributed by atoms with Crippen LogP contribution in [-0.4, -0.2) is 36.3 Å². The normalized spacial score (nSPS) is 19.9. The number of nitrogens with zero attached hydrogens (tertiary/aromatic N) is 1. The molecule has 28 heavy (non-hydrogen) atoms. The van der Waals surface area contributed by atoms with Gasteiger partial charge in [-0.15, -0.1) is 0 Å². The van der Waals surface area contributed by atoms with Gasteiger partial charge < -0.3 is 10.2 Å². The van der Waals surface area contributed by atoms with E-state index in [-0.39, 0.29) is 11.8 Å². The second kappa shape index (κ2) is 7.63. The number of carbonyl (C=O) groups is 2. The van der Waals surface area contributed by atoms with Gasteiger partial charge in [0.2, 0.25) is 11.8 Å². The first-order valence-electron chi connectivity index (χ1n) is 9.97. The number of piperidine rings is 1. The second-order valence-electron chi connectivity index (χ2n) is 7.79. The lowest BCUT2D eigenvalue weighted by Gasteiger charge is -2.41. The minimum absolute atomic E-state index is 0.0619. The van der Waals surface area contributed by atoms with Crippen molar-refractivity contribution >= 4 is 11.8 Å². The first kappa shape index (κ1) is 18.5. The van der Waals surface area contributed by atoms with Crippen LogP contribution in [0.15, 0.2) is 67.3 Å². The Kier molecular flexibility index (Phi) is 5.03. The molecule has 0 aromatic heterocycles. The van der Waals surface area contributed by atoms with Gasteiger partial charge in [-0.25, -0.2) is 0 Å². The molecule has 1 atom stereocenters. The molecule has 1 aliphatic carbocycles. The summed E-state index contributed by atoms with van der Waals surface area (Å²) in [7, 11) is 0. The van der Waals surface area contributed by atoms with E-state index in [2.05, 4.69) is 36.2 Å². The third-order valence-corrected chi connectivity index (χ3v) is 6.33. The topological polar surface area (TPSA) is 49.4 Å². The second-order valence-corrected chi connectivity index (χ2v) is 7.79. The van der Waals surface area contributed by atoms with E-state index >= 15 is 0 Å². The van der Waals surface area contributed by atoms with Gasteiger partial charge >= 0.3 is 0 Å². The van der Waals surface area contributed by atoms with Crippen molar-refractivity contribution in [3.05, 3.63) is 83.9 Å². The number of hydrogen-bond donors (Lipinski definition) is 1. The molecule has 0 saturated carbocycles. The van der Waals surface area contributed by atoms with Gasteiger partial charge in [-0.3, -0.25) is 9.59 Å². The molecular weight excluding hydrogens is 348 g/mol. The molecule has 0 spiro atoms. The van der Waals surface area contributed by atoms with Crippen LogP contribution in [-0.2, 0) is 21.4 Å². The van der Waals surface area contributed by atoms with Crippen LogP contribution in [0.5, 0.6) is 0 Å². The van der Waals surface area contributed by atoms with E-state index in [9.17, 15) is 9.59 Å². The Morgan fingerprint density at radius 2 is 1.75 bits per heavy atom. The summed E-state index contributed by atoms with van der Waals surface area (Å²) in [5, 5.41) is 3.23. The molecule has 2 aromatic carbocycles. The van der Waals surface area contributed by atoms with Gasteiger partial charge in [0.1, 0.15) is 0 Å². The molecule has 2 aromatic rings. The lowest BCUT2D eigenvalue weighted by atomic mass is 9.71. The SMILES string of the molecule is C=CC(=O)N1CCC(C(=O)NCC2Cc3ccccc32)(c2ccccc2)CC1. The van der Waals surface area contributed by atoms with Gasteiger partial charge in [-0.05, 0) is 42.0 Å². The van der Waals surface area contributed by atoms with E-state index < -0.39 is 5.41 Å². The molecule has 2 aliphatic rings. The van der Waals surface area contributed by atoms with E-state index in [1.165, 1.54) is 17.2 Å². The smallest absolute Gasteiger partial charge is 0.245 e. The van der Waals surface area contributed by atoms with E-state index in [0.29, 0.717) is 38.4 Å². The summed E-state index contributed by atoms with van der Waals surface area (Å²) in [5.74, 6) is 0.414. The highest BCUT2D eigenvalue weighted by molar-refractivity contribution is 5.90. The Balaban J connectivity index is 1.49. The van der Waals surface area contributed by atoms with Gasteiger partial charge in [0.15, 0.2) is 0 Å². The van der Waals surface area contributed by atoms with Crippen molar-refractivity contribution in [2.24, 2.45) is 0 Å². The van der Waals surface area contributed by atoms with E-state index in [1.54, 1.807) is 4.90 Å². The van der Waals surface area contributed by atoms with E-state index in [1.807, 2.05) is 30.3 Å². The highest BCUT2D eigenvalue weighted by Crippen LogP contribution is 2.37. The Labute approximate surface area is 166 Å². The van der Waals surface area contributed by atoms with Crippen LogP contribution >= 0.6 is 0 Å². The summed E-state index contributed by atoms with van der Waals surface area (Å²) in [6.07, 6.45) is 3.63. The van der Waals surface area contributed by atoms with E-state index in [0.717, 1.165) is 12.0 Å². The standard InChI is InChI=1S/C24H26N2O2/c1-2-22(27)26-14-12-24(13-15-26,20-9-4-3-5-10-20)23(28)25-17-19-16-18-8-6-7-11-21(18)19/h2-11,19H,1,12-17H2,(H,25,28). The fourth-order valence-electron chi connectivity index (χ4n) is 4.57. The van der Waals surface area contributed by atoms with Gasteiger partial charge in [-0.1, -0.05) is 61.2 Å². The lowest BCUT2D eigenvalue weighted by molar-refractivity contribution is -0.133. The maximum Gasteiger partial charge on any atom is 0.245 e. The average Bonchev–Trinajstić information content (AvgIpc) is 2.74. The van der Waals surface area contributed by atoms with Crippen molar-refractivity contribution in [3.63, 3.8) is 0 Å². The number of likely N-dealkylation sites (tertiary alicyclic amines) is 1. The predicted octanol–water partition coefficient (Wildman–Crippen LogP) is 3.19. The summed E-state index contributed by atoms with van der Waals surface area (Å²) < 4.78 is 0. The molecule has 1 fully saturated rings. The number of amides is 2. The molecule has 1 saturated heterocycles. The van der Waals surface area contributed by atoms with Crippen LogP contribution < -0.4 is 5.32 Å². The maximum atomic E-state index is 13.4. The number of nitrogens with one attached hydrogen (secondary N) is 1. The quantitative estimate of drug-likeness (QED) is 0.817. The number of benzene rings is 2. The number of fused-ring (bicyclic) bond motifs is 1. The number of rotatable bonds is 5. The van der Waals surface area contributed by atoms with Crippen LogP contribution in [0.3, 0.4) is 0 Å². The maximum absolute atomic E-state index is 13.4. The van der Waals surface area contributed by atoms with Crippen molar-refractivity contribution in [1.82, 2.24) is 10.2 Å². The fourth-order valence-corrected chi connectivity index (χ4v) is 4.57. The Morgan fingerprint density at radius 1 is 1.07 bits per heavy atom. The lowest BCUT2D eigenvalue weighted by Crippen LogP contribution is -2.53. The molecule has 4 rings (SSSR count). The van der Waals surface area contributed by atoms with Crippen LogP contribution in [0.4, 0.5) is 0 Å². The number of carbonyl (C=O) groups excluding carboxylic acids is 2. The Bertz CT molecular complexity index is 882. The van der Waals surface area contributed by atoms with Gasteiger partial charge in [-0.2, -0.15) is 0 Å². The monoisotopic (exact) mass is 374 g/mol. The molecule has 2 amide bonds. The summed E-state index contributed by atoms with van der Waals surface area (Å²) in [6.45, 7) is 5.38. The number of hydrogen-bond acceptors (Lipinski definition) is 2. The molecule has 1 unspecified atom stereocenters. The van der Waals surface area contributed by atoms with Gasteiger partial charge in [0, 0.05) is 25.6 Å². The third kappa shape index (κ3) is 3.24. The first-order valence-corrected chi connectivity index (χ1v) is 9.97. The van der Waals surface area contributed by atoms with Crippen LogP contribution in [0.1, 0.15) is 35.4 Å². The molecular formula is C24H26N2O2. The van der Waals surface area contributed by atoms with Crippen LogP contribution in [0.2, 0.25) is 0 Å². The molecule has 1 heterocycles. The summed E-state index contributed by atoms with van der Waals surface area (Å²) in [6, 6.07) is 18.4. The zero-order chi connectivity index (χ0) is 19.6. The highest BCUT2D eigenvalue weighted by atomic mass is 16.2. The largest absolute Gasteiger partial charge is 0.355 e. The van der Waals surface area contributed by atoms with Gasteiger partial charge in [0.05, 0.1) is 5.41 Å². The fraction of sp³-hybridized carbons (Fsp3) is 0.333. The van der Waals surface area contributed by atoms with Crippen molar-refractivity contribution in [2.75, 3.05) is 19.6 Å². The summed E-state index contributed by atoms with van der Waals surface area (Å²) >= 11 is 0. The average molecular weight is 374 g/mol. The molecule has 1 N–H and O–H groups in total. The van der Waals surface area contributed by atoms with Crippen molar-refractivity contribution in [2.45, 2.75) is 30.6 Å². The van der Waals surface area contributed by atoms with E-state index in [4.69, 9.17) is 0 Å². The zero-order valence-corrected chi connectivity index (χ0v) is 16.1. The molecule has 0 bridgehead atoms. The van der Waals surface area contributed by atoms with Crippen molar-refractivity contribution in [3.8, 4) is 0 Å². The Morgan fingerprint density at radius 3 is 2.43 bits per heavy atom. The third-order valence-electron chi connectivity index (χ3n) is 6.33. The van der Waals surface area contributed by atoms with Crippen LogP contribution in [0.25, 0.3) is 0 Å². The van der Waals surface area contributed by atoms with Crippen molar-refractivity contribution in [1.29, 1.82) is 0 Å². The minimum atomic E-state index is -0.581. The minimum Gasteiger partial charge on any atom is -0.355 e. The van der Waals surface area contributed by atoms with Gasteiger partial charge in [0.25, 0.3) is 0 Å². The summed E-state index contributed by atoms with van der Waals surface area (Å²) in [5.41, 5.74) is 3.19. The first-order chi connectivity index (χ1) is 13.6. The van der Waals surface area contributed by atoms with Crippen molar-refractivity contribution < 1.29 is 9.59 Å². The molecule has 0 radical (unpaired) electrons. The molecule has 1 aliphatic heterocycles.